The van der Waals surface area contributed by atoms with Crippen LogP contribution in [0.15, 0.2) is 42.5 Å². The van der Waals surface area contributed by atoms with E-state index in [1.165, 1.54) is 64.1 Å². The first kappa shape index (κ1) is 18.5. The van der Waals surface area contributed by atoms with Crippen molar-refractivity contribution in [1.82, 2.24) is 0 Å². The lowest BCUT2D eigenvalue weighted by atomic mass is 9.84. The van der Waals surface area contributed by atoms with Crippen molar-refractivity contribution in [2.45, 2.75) is 76.0 Å². The first-order valence-corrected chi connectivity index (χ1v) is 12.5. The average molecular weight is 463 g/mol. The average Bonchev–Trinajstić information content (AvgIpc) is 2.70. The van der Waals surface area contributed by atoms with Crippen LogP contribution in [0.3, 0.4) is 0 Å². The molecule has 2 aliphatic carbocycles. The summed E-state index contributed by atoms with van der Waals surface area (Å²) >= 11 is -0.291. The Morgan fingerprint density at radius 3 is 1.85 bits per heavy atom. The molecule has 0 aliphatic heterocycles. The standard InChI is InChI=1S/C24H29FI/c25-24-17-22(15-16-23(24)20-9-5-2-6-10-20)26-21-13-11-19(12-14-21)18-7-3-1-4-8-18/h11-18,20H,1-10H2/q+1. The maximum Gasteiger partial charge on any atom is 0.358 e. The van der Waals surface area contributed by atoms with Gasteiger partial charge in [0.15, 0.2) is 7.14 Å². The molecule has 4 rings (SSSR count). The number of hydrogen-bond acceptors (Lipinski definition) is 0. The van der Waals surface area contributed by atoms with E-state index in [9.17, 15) is 4.39 Å². The predicted octanol–water partition coefficient (Wildman–Crippen LogP) is 4.05. The molecule has 26 heavy (non-hydrogen) atoms. The molecule has 0 amide bonds. The SMILES string of the molecule is Fc1cc([I+]c2ccc(C3CCCCC3)cc2)ccc1C1CCCCC1. The van der Waals surface area contributed by atoms with Crippen LogP contribution in [0.5, 0.6) is 0 Å². The van der Waals surface area contributed by atoms with Crippen LogP contribution in [0.25, 0.3) is 0 Å². The molecule has 2 aromatic rings. The van der Waals surface area contributed by atoms with Gasteiger partial charge >= 0.3 is 21.2 Å². The molecule has 2 fully saturated rings. The normalized spacial score (nSPS) is 19.6. The van der Waals surface area contributed by atoms with Crippen molar-refractivity contribution in [3.05, 3.63) is 66.5 Å². The lowest BCUT2D eigenvalue weighted by Crippen LogP contribution is -3.61. The second-order valence-electron chi connectivity index (χ2n) is 7.98. The lowest BCUT2D eigenvalue weighted by Gasteiger charge is -2.22. The van der Waals surface area contributed by atoms with Crippen molar-refractivity contribution in [3.8, 4) is 0 Å². The number of benzene rings is 2. The Labute approximate surface area is 167 Å². The van der Waals surface area contributed by atoms with Gasteiger partial charge in [0, 0.05) is 6.07 Å². The Morgan fingerprint density at radius 2 is 1.23 bits per heavy atom. The van der Waals surface area contributed by atoms with Crippen LogP contribution in [0.4, 0.5) is 4.39 Å². The summed E-state index contributed by atoms with van der Waals surface area (Å²) in [7, 11) is 0. The quantitative estimate of drug-likeness (QED) is 0.601. The van der Waals surface area contributed by atoms with Gasteiger partial charge in [-0.3, -0.25) is 0 Å². The lowest BCUT2D eigenvalue weighted by molar-refractivity contribution is -0.597. The molecular formula is C24H29FI+. The molecule has 0 unspecified atom stereocenters. The van der Waals surface area contributed by atoms with Crippen LogP contribution < -0.4 is 21.2 Å². The molecule has 138 valence electrons. The molecule has 0 radical (unpaired) electrons. The van der Waals surface area contributed by atoms with Gasteiger partial charge in [0.25, 0.3) is 0 Å². The van der Waals surface area contributed by atoms with Gasteiger partial charge in [0.05, 0.1) is 0 Å². The molecule has 0 atom stereocenters. The molecule has 0 N–H and O–H groups in total. The Bertz CT molecular complexity index is 709. The summed E-state index contributed by atoms with van der Waals surface area (Å²) in [6, 6.07) is 15.3. The van der Waals surface area contributed by atoms with E-state index < -0.39 is 0 Å². The van der Waals surface area contributed by atoms with Gasteiger partial charge in [0.1, 0.15) is 5.82 Å². The summed E-state index contributed by atoms with van der Waals surface area (Å²) in [5.74, 6) is 1.25. The van der Waals surface area contributed by atoms with E-state index in [1.54, 1.807) is 0 Å². The van der Waals surface area contributed by atoms with E-state index >= 15 is 0 Å². The molecular weight excluding hydrogens is 434 g/mol. The number of hydrogen-bond donors (Lipinski definition) is 0. The molecule has 2 aliphatic rings. The Hall–Kier alpha value is -0.900. The molecule has 2 aromatic carbocycles. The molecule has 0 aromatic heterocycles. The monoisotopic (exact) mass is 463 g/mol. The van der Waals surface area contributed by atoms with Crippen molar-refractivity contribution in [3.63, 3.8) is 0 Å². The third-order valence-corrected chi connectivity index (χ3v) is 8.81. The highest BCUT2D eigenvalue weighted by Gasteiger charge is 2.23. The number of rotatable bonds is 4. The zero-order valence-electron chi connectivity index (χ0n) is 15.5. The van der Waals surface area contributed by atoms with Crippen LogP contribution in [-0.4, -0.2) is 0 Å². The first-order chi connectivity index (χ1) is 12.8. The summed E-state index contributed by atoms with van der Waals surface area (Å²) in [6.07, 6.45) is 13.0. The van der Waals surface area contributed by atoms with Gasteiger partial charge in [0.2, 0.25) is 0 Å². The van der Waals surface area contributed by atoms with E-state index in [2.05, 4.69) is 36.4 Å². The highest BCUT2D eigenvalue weighted by atomic mass is 127. The molecule has 0 bridgehead atoms. The van der Waals surface area contributed by atoms with E-state index in [-0.39, 0.29) is 27.0 Å². The molecule has 0 saturated heterocycles. The number of halogens is 2. The highest BCUT2D eigenvalue weighted by Crippen LogP contribution is 2.34. The van der Waals surface area contributed by atoms with Crippen molar-refractivity contribution >= 4 is 0 Å². The summed E-state index contributed by atoms with van der Waals surface area (Å²) in [4.78, 5) is 0. The van der Waals surface area contributed by atoms with Crippen molar-refractivity contribution in [2.24, 2.45) is 0 Å². The minimum atomic E-state index is -0.291. The first-order valence-electron chi connectivity index (χ1n) is 10.3. The summed E-state index contributed by atoms with van der Waals surface area (Å²) < 4.78 is 17.3. The van der Waals surface area contributed by atoms with Gasteiger partial charge in [-0.25, -0.2) is 4.39 Å². The van der Waals surface area contributed by atoms with Gasteiger partial charge in [-0.05, 0) is 66.8 Å². The largest absolute Gasteiger partial charge is 0.358 e. The second-order valence-corrected chi connectivity index (χ2v) is 11.0. The minimum Gasteiger partial charge on any atom is -0.207 e. The van der Waals surface area contributed by atoms with Crippen LogP contribution in [0.2, 0.25) is 0 Å². The smallest absolute Gasteiger partial charge is 0.207 e. The molecule has 0 spiro atoms. The van der Waals surface area contributed by atoms with Crippen molar-refractivity contribution in [2.75, 3.05) is 0 Å². The summed E-state index contributed by atoms with van der Waals surface area (Å²) in [6.45, 7) is 0. The molecule has 0 nitrogen and oxygen atoms in total. The zero-order valence-corrected chi connectivity index (χ0v) is 17.7. The second kappa shape index (κ2) is 8.86. The Balaban J connectivity index is 1.42. The molecule has 2 saturated carbocycles. The van der Waals surface area contributed by atoms with Gasteiger partial charge in [-0.1, -0.05) is 56.7 Å². The Kier molecular flexibility index (Phi) is 6.29. The fourth-order valence-electron chi connectivity index (χ4n) is 4.66. The van der Waals surface area contributed by atoms with E-state index in [4.69, 9.17) is 0 Å². The highest BCUT2D eigenvalue weighted by molar-refractivity contribution is 5.22. The third kappa shape index (κ3) is 4.49. The topological polar surface area (TPSA) is 0 Å². The van der Waals surface area contributed by atoms with Gasteiger partial charge < -0.3 is 0 Å². The molecule has 0 heterocycles. The van der Waals surface area contributed by atoms with Gasteiger partial charge in [-0.2, -0.15) is 0 Å². The minimum absolute atomic E-state index is 0.0351. The van der Waals surface area contributed by atoms with Crippen LogP contribution >= 0.6 is 0 Å². The maximum absolute atomic E-state index is 14.7. The third-order valence-electron chi connectivity index (χ3n) is 6.17. The molecule has 2 heteroatoms. The van der Waals surface area contributed by atoms with Crippen LogP contribution in [-0.2, 0) is 0 Å². The van der Waals surface area contributed by atoms with E-state index in [1.807, 2.05) is 6.07 Å². The Morgan fingerprint density at radius 1 is 0.654 bits per heavy atom. The summed E-state index contributed by atoms with van der Waals surface area (Å²) in [5.41, 5.74) is 2.47. The maximum atomic E-state index is 14.7. The fraction of sp³-hybridized carbons (Fsp3) is 0.500. The van der Waals surface area contributed by atoms with E-state index in [0.717, 1.165) is 24.3 Å². The van der Waals surface area contributed by atoms with Gasteiger partial charge in [-0.15, -0.1) is 0 Å². The van der Waals surface area contributed by atoms with Crippen molar-refractivity contribution in [1.29, 1.82) is 0 Å². The van der Waals surface area contributed by atoms with E-state index in [0.29, 0.717) is 5.92 Å². The van der Waals surface area contributed by atoms with Crippen LogP contribution in [0, 0.1) is 13.0 Å². The summed E-state index contributed by atoms with van der Waals surface area (Å²) in [5, 5.41) is 0. The fourth-order valence-corrected chi connectivity index (χ4v) is 6.89. The van der Waals surface area contributed by atoms with Crippen molar-refractivity contribution < 1.29 is 25.6 Å². The zero-order chi connectivity index (χ0) is 17.8. The van der Waals surface area contributed by atoms with Crippen LogP contribution in [0.1, 0.15) is 87.2 Å². The predicted molar refractivity (Wildman–Crippen MR) is 102 cm³/mol.